The smallest absolute Gasteiger partial charge is 0.339 e. The quantitative estimate of drug-likeness (QED) is 0.780. The Kier molecular flexibility index (Phi) is 5.23. The molecule has 0 unspecified atom stereocenters. The first-order chi connectivity index (χ1) is 12.7. The molecule has 1 saturated heterocycles. The van der Waals surface area contributed by atoms with Gasteiger partial charge in [0.25, 0.3) is 5.91 Å². The van der Waals surface area contributed by atoms with Crippen molar-refractivity contribution in [1.82, 2.24) is 14.8 Å². The molecule has 9 heteroatoms. The Hall–Kier alpha value is -2.42. The topological polar surface area (TPSA) is 53.5 Å². The number of nitrogens with zero attached hydrogens (tertiary/aromatic N) is 3. The molecule has 5 nitrogen and oxygen atoms in total. The van der Waals surface area contributed by atoms with Crippen molar-refractivity contribution >= 4 is 23.2 Å². The van der Waals surface area contributed by atoms with Gasteiger partial charge in [-0.2, -0.15) is 13.2 Å². The number of carbonyl (C=O) groups excluding carboxylic acids is 2. The minimum atomic E-state index is -4.39. The molecular formula is C18H18F3N3O2S. The van der Waals surface area contributed by atoms with Gasteiger partial charge < -0.3 is 9.80 Å². The number of thiazole rings is 1. The number of aryl methyl sites for hydroxylation is 1. The van der Waals surface area contributed by atoms with Crippen LogP contribution in [0.2, 0.25) is 0 Å². The van der Waals surface area contributed by atoms with Crippen LogP contribution in [0.3, 0.4) is 0 Å². The normalized spacial score (nSPS) is 15.1. The van der Waals surface area contributed by atoms with Crippen LogP contribution in [-0.4, -0.2) is 52.8 Å². The molecule has 0 saturated carbocycles. The molecular weight excluding hydrogens is 379 g/mol. The van der Waals surface area contributed by atoms with E-state index in [9.17, 15) is 22.8 Å². The Morgan fingerprint density at radius 1 is 1.04 bits per heavy atom. The predicted molar refractivity (Wildman–Crippen MR) is 95.4 cm³/mol. The predicted octanol–water partition coefficient (Wildman–Crippen LogP) is 3.44. The molecule has 0 atom stereocenters. The van der Waals surface area contributed by atoms with Crippen LogP contribution in [0.1, 0.15) is 27.9 Å². The van der Waals surface area contributed by atoms with Crippen molar-refractivity contribution in [2.75, 3.05) is 26.2 Å². The SMILES string of the molecule is CC(=O)N1CCN(C(=O)c2sc(-c3ccc(C(F)(F)F)cc3)nc2C)CC1. The Labute approximate surface area is 158 Å². The van der Waals surface area contributed by atoms with Crippen LogP contribution >= 0.6 is 11.3 Å². The van der Waals surface area contributed by atoms with Crippen LogP contribution in [0, 0.1) is 6.92 Å². The molecule has 1 aromatic carbocycles. The molecule has 0 spiro atoms. The fourth-order valence-electron chi connectivity index (χ4n) is 2.89. The molecule has 2 aromatic rings. The molecule has 27 heavy (non-hydrogen) atoms. The number of hydrogen-bond acceptors (Lipinski definition) is 4. The highest BCUT2D eigenvalue weighted by molar-refractivity contribution is 7.17. The summed E-state index contributed by atoms with van der Waals surface area (Å²) in [6.45, 7) is 5.09. The molecule has 1 fully saturated rings. The van der Waals surface area contributed by atoms with Crippen LogP contribution < -0.4 is 0 Å². The molecule has 0 aliphatic carbocycles. The lowest BCUT2D eigenvalue weighted by Gasteiger charge is -2.34. The van der Waals surface area contributed by atoms with Crippen molar-refractivity contribution in [1.29, 1.82) is 0 Å². The lowest BCUT2D eigenvalue weighted by atomic mass is 10.1. The van der Waals surface area contributed by atoms with E-state index >= 15 is 0 Å². The number of carbonyl (C=O) groups is 2. The van der Waals surface area contributed by atoms with Gasteiger partial charge >= 0.3 is 6.18 Å². The second kappa shape index (κ2) is 7.30. The lowest BCUT2D eigenvalue weighted by molar-refractivity contribution is -0.137. The number of halogens is 3. The largest absolute Gasteiger partial charge is 0.416 e. The van der Waals surface area contributed by atoms with Gasteiger partial charge in [0.1, 0.15) is 9.88 Å². The van der Waals surface area contributed by atoms with Crippen LogP contribution in [0.5, 0.6) is 0 Å². The molecule has 0 bridgehead atoms. The Bertz CT molecular complexity index is 854. The van der Waals surface area contributed by atoms with Crippen molar-refractivity contribution < 1.29 is 22.8 Å². The Morgan fingerprint density at radius 3 is 2.11 bits per heavy atom. The van der Waals surface area contributed by atoms with Crippen molar-refractivity contribution in [2.24, 2.45) is 0 Å². The fraction of sp³-hybridized carbons (Fsp3) is 0.389. The number of hydrogen-bond donors (Lipinski definition) is 0. The maximum Gasteiger partial charge on any atom is 0.416 e. The van der Waals surface area contributed by atoms with Gasteiger partial charge in [0.2, 0.25) is 5.91 Å². The summed E-state index contributed by atoms with van der Waals surface area (Å²) in [5.74, 6) is -0.174. The second-order valence-corrected chi connectivity index (χ2v) is 7.31. The van der Waals surface area contributed by atoms with Crippen molar-refractivity contribution in [3.05, 3.63) is 40.4 Å². The highest BCUT2D eigenvalue weighted by Crippen LogP contribution is 2.33. The zero-order valence-electron chi connectivity index (χ0n) is 14.8. The molecule has 3 rings (SSSR count). The van der Waals surface area contributed by atoms with Crippen molar-refractivity contribution in [2.45, 2.75) is 20.0 Å². The van der Waals surface area contributed by atoms with Gasteiger partial charge in [0, 0.05) is 38.7 Å². The molecule has 1 aliphatic heterocycles. The number of piperazine rings is 1. The summed E-state index contributed by atoms with van der Waals surface area (Å²) in [6, 6.07) is 4.74. The summed E-state index contributed by atoms with van der Waals surface area (Å²) in [7, 11) is 0. The first-order valence-electron chi connectivity index (χ1n) is 8.36. The van der Waals surface area contributed by atoms with Crippen molar-refractivity contribution in [3.8, 4) is 10.6 Å². The monoisotopic (exact) mass is 397 g/mol. The van der Waals surface area contributed by atoms with E-state index in [-0.39, 0.29) is 11.8 Å². The van der Waals surface area contributed by atoms with Gasteiger partial charge in [0.05, 0.1) is 11.3 Å². The van der Waals surface area contributed by atoms with Crippen LogP contribution in [0.4, 0.5) is 13.2 Å². The minimum absolute atomic E-state index is 0.0133. The standard InChI is InChI=1S/C18H18F3N3O2S/c1-11-15(17(26)24-9-7-23(8-10-24)12(2)25)27-16(22-11)13-3-5-14(6-4-13)18(19,20)21/h3-6H,7-10H2,1-2H3. The van der Waals surface area contributed by atoms with E-state index in [2.05, 4.69) is 4.98 Å². The van der Waals surface area contributed by atoms with Gasteiger partial charge in [0.15, 0.2) is 0 Å². The molecule has 0 radical (unpaired) electrons. The van der Waals surface area contributed by atoms with E-state index < -0.39 is 11.7 Å². The minimum Gasteiger partial charge on any atom is -0.339 e. The molecule has 1 aliphatic rings. The summed E-state index contributed by atoms with van der Waals surface area (Å²) < 4.78 is 38.1. The summed E-state index contributed by atoms with van der Waals surface area (Å²) in [5, 5.41) is 0.506. The third kappa shape index (κ3) is 4.13. The number of alkyl halides is 3. The van der Waals surface area contributed by atoms with Crippen molar-refractivity contribution in [3.63, 3.8) is 0 Å². The maximum absolute atomic E-state index is 12.8. The highest BCUT2D eigenvalue weighted by atomic mass is 32.1. The van der Waals surface area contributed by atoms with Gasteiger partial charge in [-0.3, -0.25) is 9.59 Å². The zero-order chi connectivity index (χ0) is 19.8. The highest BCUT2D eigenvalue weighted by Gasteiger charge is 2.30. The molecule has 1 aromatic heterocycles. The molecule has 0 N–H and O–H groups in total. The average molecular weight is 397 g/mol. The van der Waals surface area contributed by atoms with Gasteiger partial charge in [-0.1, -0.05) is 12.1 Å². The zero-order valence-corrected chi connectivity index (χ0v) is 15.7. The van der Waals surface area contributed by atoms with Crippen LogP contribution in [0.15, 0.2) is 24.3 Å². The average Bonchev–Trinajstić information content (AvgIpc) is 3.02. The van der Waals surface area contributed by atoms with Gasteiger partial charge in [-0.05, 0) is 19.1 Å². The Morgan fingerprint density at radius 2 is 1.59 bits per heavy atom. The first-order valence-corrected chi connectivity index (χ1v) is 9.18. The third-order valence-corrected chi connectivity index (χ3v) is 5.66. The summed E-state index contributed by atoms with van der Waals surface area (Å²) in [6.07, 6.45) is -4.39. The molecule has 144 valence electrons. The van der Waals surface area contributed by atoms with Crippen LogP contribution in [-0.2, 0) is 11.0 Å². The number of amides is 2. The summed E-state index contributed by atoms with van der Waals surface area (Å²) in [5.41, 5.74) is 0.365. The molecule has 2 amide bonds. The summed E-state index contributed by atoms with van der Waals surface area (Å²) >= 11 is 1.17. The lowest BCUT2D eigenvalue weighted by Crippen LogP contribution is -2.50. The second-order valence-electron chi connectivity index (χ2n) is 6.31. The van der Waals surface area contributed by atoms with E-state index in [1.165, 1.54) is 30.4 Å². The van der Waals surface area contributed by atoms with E-state index in [1.54, 1.807) is 16.7 Å². The number of aromatic nitrogens is 1. The van der Waals surface area contributed by atoms with E-state index in [1.807, 2.05) is 0 Å². The summed E-state index contributed by atoms with van der Waals surface area (Å²) in [4.78, 5) is 32.4. The van der Waals surface area contributed by atoms with Gasteiger partial charge in [-0.25, -0.2) is 4.98 Å². The fourth-order valence-corrected chi connectivity index (χ4v) is 3.93. The van der Waals surface area contributed by atoms with Gasteiger partial charge in [-0.15, -0.1) is 11.3 Å². The Balaban J connectivity index is 1.76. The van der Waals surface area contributed by atoms with E-state index in [0.29, 0.717) is 47.3 Å². The van der Waals surface area contributed by atoms with Crippen LogP contribution in [0.25, 0.3) is 10.6 Å². The first kappa shape index (κ1) is 19.3. The third-order valence-electron chi connectivity index (χ3n) is 4.46. The van der Waals surface area contributed by atoms with E-state index in [0.717, 1.165) is 12.1 Å². The molecule has 2 heterocycles. The number of rotatable bonds is 2. The van der Waals surface area contributed by atoms with E-state index in [4.69, 9.17) is 0 Å². The maximum atomic E-state index is 12.8. The number of benzene rings is 1.